The normalized spacial score (nSPS) is 10.9. The van der Waals surface area contributed by atoms with Gasteiger partial charge < -0.3 is 15.4 Å². The second kappa shape index (κ2) is 10.4. The first-order chi connectivity index (χ1) is 15.8. The summed E-state index contributed by atoms with van der Waals surface area (Å²) in [6.07, 6.45) is 1.35. The molecular formula is C23H17ClFN3O5. The summed E-state index contributed by atoms with van der Waals surface area (Å²) in [7, 11) is 1.45. The number of hydrogen-bond donors (Lipinski definition) is 2. The first kappa shape index (κ1) is 23.4. The Morgan fingerprint density at radius 2 is 1.73 bits per heavy atom. The van der Waals surface area contributed by atoms with Crippen LogP contribution in [0.5, 0.6) is 5.75 Å². The second-order valence-electron chi connectivity index (χ2n) is 6.67. The van der Waals surface area contributed by atoms with Gasteiger partial charge in [-0.15, -0.1) is 0 Å². The summed E-state index contributed by atoms with van der Waals surface area (Å²) in [6.45, 7) is 0. The minimum atomic E-state index is -0.696. The van der Waals surface area contributed by atoms with Crippen LogP contribution in [-0.4, -0.2) is 23.8 Å². The van der Waals surface area contributed by atoms with Gasteiger partial charge in [0.25, 0.3) is 17.5 Å². The molecule has 0 heterocycles. The molecule has 0 aliphatic heterocycles. The maximum absolute atomic E-state index is 13.2. The molecule has 0 unspecified atom stereocenters. The zero-order chi connectivity index (χ0) is 24.0. The molecule has 0 aromatic heterocycles. The predicted octanol–water partition coefficient (Wildman–Crippen LogP) is 4.81. The number of methoxy groups -OCH3 is 1. The number of nitrogens with one attached hydrogen (secondary N) is 2. The summed E-state index contributed by atoms with van der Waals surface area (Å²) in [5, 5.41) is 16.0. The van der Waals surface area contributed by atoms with Crippen molar-refractivity contribution in [2.24, 2.45) is 0 Å². The third kappa shape index (κ3) is 6.14. The van der Waals surface area contributed by atoms with Crippen molar-refractivity contribution in [3.8, 4) is 5.75 Å². The smallest absolute Gasteiger partial charge is 0.272 e. The Labute approximate surface area is 192 Å². The summed E-state index contributed by atoms with van der Waals surface area (Å²) in [5.74, 6) is -1.38. The van der Waals surface area contributed by atoms with Crippen molar-refractivity contribution in [2.45, 2.75) is 0 Å². The van der Waals surface area contributed by atoms with Crippen LogP contribution in [0.2, 0.25) is 5.02 Å². The monoisotopic (exact) mass is 469 g/mol. The van der Waals surface area contributed by atoms with E-state index < -0.39 is 22.6 Å². The van der Waals surface area contributed by atoms with E-state index in [0.717, 1.165) is 0 Å². The highest BCUT2D eigenvalue weighted by molar-refractivity contribution is 6.34. The number of carbonyl (C=O) groups is 2. The molecule has 0 saturated heterocycles. The maximum Gasteiger partial charge on any atom is 0.272 e. The van der Waals surface area contributed by atoms with Crippen molar-refractivity contribution in [2.75, 3.05) is 12.4 Å². The first-order valence-electron chi connectivity index (χ1n) is 9.45. The van der Waals surface area contributed by atoms with E-state index in [2.05, 4.69) is 10.6 Å². The van der Waals surface area contributed by atoms with E-state index in [1.165, 1.54) is 73.8 Å². The van der Waals surface area contributed by atoms with Gasteiger partial charge >= 0.3 is 0 Å². The lowest BCUT2D eigenvalue weighted by atomic mass is 10.1. The topological polar surface area (TPSA) is 111 Å². The molecule has 8 nitrogen and oxygen atoms in total. The lowest BCUT2D eigenvalue weighted by Crippen LogP contribution is -2.31. The fourth-order valence-corrected chi connectivity index (χ4v) is 3.00. The highest BCUT2D eigenvalue weighted by Gasteiger charge is 2.18. The minimum absolute atomic E-state index is 0.0987. The van der Waals surface area contributed by atoms with Crippen LogP contribution < -0.4 is 15.4 Å². The SMILES string of the molecule is COc1ccc(C(=O)N/C(=C/c2ccc([N+](=O)[O-])cc2)C(=O)Nc2ccc(F)cc2)c(Cl)c1. The van der Waals surface area contributed by atoms with E-state index >= 15 is 0 Å². The molecule has 0 bridgehead atoms. The fraction of sp³-hybridized carbons (Fsp3) is 0.0435. The average Bonchev–Trinajstić information content (AvgIpc) is 2.80. The molecule has 0 aliphatic rings. The number of anilines is 1. The number of nitro benzene ring substituents is 1. The number of ether oxygens (including phenoxy) is 1. The molecule has 0 radical (unpaired) electrons. The third-order valence-electron chi connectivity index (χ3n) is 4.43. The Balaban J connectivity index is 1.91. The largest absolute Gasteiger partial charge is 0.497 e. The van der Waals surface area contributed by atoms with Crippen LogP contribution in [0.25, 0.3) is 6.08 Å². The lowest BCUT2D eigenvalue weighted by molar-refractivity contribution is -0.384. The number of halogens is 2. The zero-order valence-electron chi connectivity index (χ0n) is 17.2. The molecule has 3 aromatic rings. The van der Waals surface area contributed by atoms with Crippen LogP contribution in [0.1, 0.15) is 15.9 Å². The molecule has 0 atom stereocenters. The molecule has 10 heteroatoms. The maximum atomic E-state index is 13.2. The van der Waals surface area contributed by atoms with Crippen LogP contribution in [0.4, 0.5) is 15.8 Å². The number of benzene rings is 3. The molecule has 33 heavy (non-hydrogen) atoms. The predicted molar refractivity (Wildman–Crippen MR) is 122 cm³/mol. The Morgan fingerprint density at radius 3 is 2.30 bits per heavy atom. The van der Waals surface area contributed by atoms with Gasteiger partial charge in [-0.1, -0.05) is 11.6 Å². The number of amides is 2. The molecule has 3 rings (SSSR count). The fourth-order valence-electron chi connectivity index (χ4n) is 2.75. The van der Waals surface area contributed by atoms with Gasteiger partial charge in [0.05, 0.1) is 22.6 Å². The lowest BCUT2D eigenvalue weighted by Gasteiger charge is -2.12. The van der Waals surface area contributed by atoms with Crippen molar-refractivity contribution >= 4 is 40.9 Å². The van der Waals surface area contributed by atoms with Crippen molar-refractivity contribution in [3.05, 3.63) is 105 Å². The summed E-state index contributed by atoms with van der Waals surface area (Å²) >= 11 is 6.16. The minimum Gasteiger partial charge on any atom is -0.497 e. The Kier molecular flexibility index (Phi) is 7.37. The van der Waals surface area contributed by atoms with Gasteiger partial charge in [0.1, 0.15) is 17.3 Å². The molecule has 2 amide bonds. The van der Waals surface area contributed by atoms with E-state index in [1.54, 1.807) is 6.07 Å². The number of nitrogens with zero attached hydrogens (tertiary/aromatic N) is 1. The second-order valence-corrected chi connectivity index (χ2v) is 7.07. The number of nitro groups is 1. The standard InChI is InChI=1S/C23H17ClFN3O5/c1-33-18-10-11-19(20(24)13-18)22(29)27-21(12-14-2-8-17(9-3-14)28(31)32)23(30)26-16-6-4-15(25)5-7-16/h2-13H,1H3,(H,26,30)(H,27,29)/b21-12+. The first-order valence-corrected chi connectivity index (χ1v) is 9.82. The summed E-state index contributed by atoms with van der Waals surface area (Å²) < 4.78 is 18.2. The third-order valence-corrected chi connectivity index (χ3v) is 4.74. The highest BCUT2D eigenvalue weighted by Crippen LogP contribution is 2.23. The van der Waals surface area contributed by atoms with Gasteiger partial charge in [-0.25, -0.2) is 4.39 Å². The van der Waals surface area contributed by atoms with Gasteiger partial charge in [-0.2, -0.15) is 0 Å². The summed E-state index contributed by atoms with van der Waals surface area (Å²) in [5.41, 5.74) is 0.531. The molecular weight excluding hydrogens is 453 g/mol. The van der Waals surface area contributed by atoms with Crippen molar-refractivity contribution in [1.29, 1.82) is 0 Å². The van der Waals surface area contributed by atoms with Crippen LogP contribution in [-0.2, 0) is 4.79 Å². The van der Waals surface area contributed by atoms with Gasteiger partial charge in [-0.05, 0) is 66.2 Å². The van der Waals surface area contributed by atoms with Gasteiger partial charge in [-0.3, -0.25) is 19.7 Å². The molecule has 2 N–H and O–H groups in total. The summed E-state index contributed by atoms with van der Waals surface area (Å²) in [6, 6.07) is 14.9. The average molecular weight is 470 g/mol. The van der Waals surface area contributed by atoms with E-state index in [9.17, 15) is 24.1 Å². The van der Waals surface area contributed by atoms with E-state index in [-0.39, 0.29) is 22.0 Å². The Bertz CT molecular complexity index is 1230. The number of rotatable bonds is 7. The molecule has 3 aromatic carbocycles. The van der Waals surface area contributed by atoms with Crippen molar-refractivity contribution < 1.29 is 23.6 Å². The molecule has 168 valence electrons. The quantitative estimate of drug-likeness (QED) is 0.293. The van der Waals surface area contributed by atoms with Gasteiger partial charge in [0.15, 0.2) is 0 Å². The van der Waals surface area contributed by atoms with E-state index in [0.29, 0.717) is 17.0 Å². The molecule has 0 aliphatic carbocycles. The van der Waals surface area contributed by atoms with Crippen LogP contribution in [0.3, 0.4) is 0 Å². The van der Waals surface area contributed by atoms with Gasteiger partial charge in [0, 0.05) is 17.8 Å². The number of non-ortho nitro benzene ring substituents is 1. The number of carbonyl (C=O) groups excluding carboxylic acids is 2. The highest BCUT2D eigenvalue weighted by atomic mass is 35.5. The van der Waals surface area contributed by atoms with E-state index in [1.807, 2.05) is 0 Å². The molecule has 0 fully saturated rings. The Hall–Kier alpha value is -4.24. The summed E-state index contributed by atoms with van der Waals surface area (Å²) in [4.78, 5) is 36.0. The number of hydrogen-bond acceptors (Lipinski definition) is 5. The van der Waals surface area contributed by atoms with E-state index in [4.69, 9.17) is 16.3 Å². The van der Waals surface area contributed by atoms with Crippen molar-refractivity contribution in [1.82, 2.24) is 5.32 Å². The molecule has 0 spiro atoms. The Morgan fingerprint density at radius 1 is 1.06 bits per heavy atom. The van der Waals surface area contributed by atoms with Crippen LogP contribution >= 0.6 is 11.6 Å². The van der Waals surface area contributed by atoms with Crippen LogP contribution in [0, 0.1) is 15.9 Å². The van der Waals surface area contributed by atoms with Crippen molar-refractivity contribution in [3.63, 3.8) is 0 Å². The molecule has 0 saturated carbocycles. The van der Waals surface area contributed by atoms with Gasteiger partial charge in [0.2, 0.25) is 0 Å². The van der Waals surface area contributed by atoms with Crippen LogP contribution in [0.15, 0.2) is 72.4 Å². The zero-order valence-corrected chi connectivity index (χ0v) is 17.9.